The van der Waals surface area contributed by atoms with Crippen LogP contribution in [0.4, 0.5) is 4.39 Å². The summed E-state index contributed by atoms with van der Waals surface area (Å²) in [5.74, 6) is -0.281. The molecular weight excluding hydrogens is 273 g/mol. The van der Waals surface area contributed by atoms with Crippen LogP contribution in [0.1, 0.15) is 12.0 Å². The molecule has 1 amide bonds. The van der Waals surface area contributed by atoms with Crippen molar-refractivity contribution in [3.63, 3.8) is 0 Å². The molecule has 5 nitrogen and oxygen atoms in total. The highest BCUT2D eigenvalue weighted by molar-refractivity contribution is 5.77. The predicted octanol–water partition coefficient (Wildman–Crippen LogP) is 1.64. The van der Waals surface area contributed by atoms with Gasteiger partial charge in [-0.3, -0.25) is 9.69 Å². The third-order valence-corrected chi connectivity index (χ3v) is 3.06. The highest BCUT2D eigenvalue weighted by Crippen LogP contribution is 2.18. The fourth-order valence-corrected chi connectivity index (χ4v) is 1.87. The molecule has 0 saturated carbocycles. The summed E-state index contributed by atoms with van der Waals surface area (Å²) in [4.78, 5) is 15.2. The molecule has 0 spiro atoms. The number of ether oxygens (including phenoxy) is 1. The molecule has 1 aromatic rings. The van der Waals surface area contributed by atoms with Crippen molar-refractivity contribution in [1.29, 1.82) is 5.26 Å². The number of methoxy groups -OCH3 is 1. The molecule has 1 rings (SSSR count). The third-order valence-electron chi connectivity index (χ3n) is 3.06. The third kappa shape index (κ3) is 5.40. The summed E-state index contributed by atoms with van der Waals surface area (Å²) < 4.78 is 18.4. The average Bonchev–Trinajstić information content (AvgIpc) is 2.44. The summed E-state index contributed by atoms with van der Waals surface area (Å²) in [5, 5.41) is 8.50. The van der Waals surface area contributed by atoms with Gasteiger partial charge in [-0.25, -0.2) is 4.39 Å². The van der Waals surface area contributed by atoms with Gasteiger partial charge >= 0.3 is 0 Å². The molecule has 0 radical (unpaired) electrons. The summed E-state index contributed by atoms with van der Waals surface area (Å²) in [6.07, 6.45) is 0.315. The molecule has 0 saturated heterocycles. The lowest BCUT2D eigenvalue weighted by atomic mass is 10.2. The van der Waals surface area contributed by atoms with E-state index in [1.54, 1.807) is 31.1 Å². The zero-order valence-corrected chi connectivity index (χ0v) is 12.6. The number of nitriles is 1. The van der Waals surface area contributed by atoms with Crippen LogP contribution in [0.3, 0.4) is 0 Å². The van der Waals surface area contributed by atoms with Gasteiger partial charge in [-0.05, 0) is 24.7 Å². The van der Waals surface area contributed by atoms with Crippen LogP contribution in [0, 0.1) is 17.1 Å². The number of carbonyl (C=O) groups is 1. The van der Waals surface area contributed by atoms with Crippen LogP contribution in [-0.2, 0) is 11.3 Å². The molecule has 21 heavy (non-hydrogen) atoms. The normalized spacial score (nSPS) is 10.3. The Morgan fingerprint density at radius 2 is 2.14 bits per heavy atom. The van der Waals surface area contributed by atoms with Gasteiger partial charge in [-0.15, -0.1) is 0 Å². The first kappa shape index (κ1) is 16.9. The van der Waals surface area contributed by atoms with Crippen molar-refractivity contribution in [1.82, 2.24) is 9.80 Å². The maximum Gasteiger partial charge on any atom is 0.236 e. The standard InChI is InChI=1S/C15H20FN3O2/c1-18(11-15(20)19(2)8-4-7-17)10-12-5-6-14(21-3)13(16)9-12/h5-6,9H,4,8,10-11H2,1-3H3. The number of hydrogen-bond donors (Lipinski definition) is 0. The van der Waals surface area contributed by atoms with Crippen LogP contribution in [0.25, 0.3) is 0 Å². The Balaban J connectivity index is 2.53. The van der Waals surface area contributed by atoms with Gasteiger partial charge in [0.15, 0.2) is 11.6 Å². The molecule has 0 bridgehead atoms. The molecule has 0 fully saturated rings. The van der Waals surface area contributed by atoms with E-state index in [4.69, 9.17) is 10.00 Å². The number of carbonyl (C=O) groups excluding carboxylic acids is 1. The van der Waals surface area contributed by atoms with Crippen LogP contribution in [-0.4, -0.2) is 50.0 Å². The summed E-state index contributed by atoms with van der Waals surface area (Å²) in [7, 11) is 4.87. The minimum atomic E-state index is -0.416. The summed E-state index contributed by atoms with van der Waals surface area (Å²) in [6.45, 7) is 1.09. The number of nitrogens with zero attached hydrogens (tertiary/aromatic N) is 3. The van der Waals surface area contributed by atoms with E-state index in [1.807, 2.05) is 6.07 Å². The molecule has 0 unspecified atom stereocenters. The Hall–Kier alpha value is -2.13. The quantitative estimate of drug-likeness (QED) is 0.767. The SMILES string of the molecule is COc1ccc(CN(C)CC(=O)N(C)CCC#N)cc1F. The lowest BCUT2D eigenvalue weighted by Gasteiger charge is -2.21. The number of halogens is 1. The largest absolute Gasteiger partial charge is 0.494 e. The summed E-state index contributed by atoms with van der Waals surface area (Å²) in [5.41, 5.74) is 0.767. The molecule has 0 aliphatic heterocycles. The zero-order chi connectivity index (χ0) is 15.8. The van der Waals surface area contributed by atoms with E-state index >= 15 is 0 Å². The van der Waals surface area contributed by atoms with Gasteiger partial charge in [-0.1, -0.05) is 6.07 Å². The second kappa shape index (κ2) is 8.22. The molecule has 0 N–H and O–H groups in total. The Morgan fingerprint density at radius 1 is 1.43 bits per heavy atom. The van der Waals surface area contributed by atoms with Crippen LogP contribution in [0.2, 0.25) is 0 Å². The van der Waals surface area contributed by atoms with E-state index in [2.05, 4.69) is 0 Å². The average molecular weight is 293 g/mol. The molecule has 0 atom stereocenters. The first-order valence-electron chi connectivity index (χ1n) is 6.59. The first-order valence-corrected chi connectivity index (χ1v) is 6.59. The van der Waals surface area contributed by atoms with Crippen molar-refractivity contribution >= 4 is 5.91 Å². The van der Waals surface area contributed by atoms with E-state index < -0.39 is 5.82 Å². The topological polar surface area (TPSA) is 56.6 Å². The summed E-state index contributed by atoms with van der Waals surface area (Å²) in [6, 6.07) is 6.74. The zero-order valence-electron chi connectivity index (χ0n) is 12.6. The van der Waals surface area contributed by atoms with E-state index in [0.29, 0.717) is 19.5 Å². The summed E-state index contributed by atoms with van der Waals surface area (Å²) >= 11 is 0. The van der Waals surface area contributed by atoms with Crippen LogP contribution >= 0.6 is 0 Å². The molecule has 0 aromatic heterocycles. The van der Waals surface area contributed by atoms with Crippen molar-refractivity contribution in [3.05, 3.63) is 29.6 Å². The number of rotatable bonds is 7. The van der Waals surface area contributed by atoms with Gasteiger partial charge in [0, 0.05) is 20.1 Å². The molecular formula is C15H20FN3O2. The number of benzene rings is 1. The van der Waals surface area contributed by atoms with Crippen molar-refractivity contribution in [2.45, 2.75) is 13.0 Å². The van der Waals surface area contributed by atoms with E-state index in [-0.39, 0.29) is 18.2 Å². The monoisotopic (exact) mass is 293 g/mol. The van der Waals surface area contributed by atoms with Crippen molar-refractivity contribution in [2.24, 2.45) is 0 Å². The fourth-order valence-electron chi connectivity index (χ4n) is 1.87. The van der Waals surface area contributed by atoms with Crippen molar-refractivity contribution < 1.29 is 13.9 Å². The Morgan fingerprint density at radius 3 is 2.71 bits per heavy atom. The minimum Gasteiger partial charge on any atom is -0.494 e. The Bertz CT molecular complexity index is 528. The highest BCUT2D eigenvalue weighted by atomic mass is 19.1. The predicted molar refractivity (Wildman–Crippen MR) is 77.2 cm³/mol. The van der Waals surface area contributed by atoms with E-state index in [9.17, 15) is 9.18 Å². The van der Waals surface area contributed by atoms with Gasteiger partial charge in [0.1, 0.15) is 0 Å². The molecule has 0 aliphatic rings. The van der Waals surface area contributed by atoms with Crippen LogP contribution in [0.15, 0.2) is 18.2 Å². The smallest absolute Gasteiger partial charge is 0.236 e. The highest BCUT2D eigenvalue weighted by Gasteiger charge is 2.12. The van der Waals surface area contributed by atoms with E-state index in [0.717, 1.165) is 5.56 Å². The lowest BCUT2D eigenvalue weighted by molar-refractivity contribution is -0.130. The first-order chi connectivity index (χ1) is 9.97. The van der Waals surface area contributed by atoms with Gasteiger partial charge in [0.2, 0.25) is 5.91 Å². The van der Waals surface area contributed by atoms with Crippen LogP contribution in [0.5, 0.6) is 5.75 Å². The van der Waals surface area contributed by atoms with Crippen molar-refractivity contribution in [2.75, 3.05) is 34.3 Å². The van der Waals surface area contributed by atoms with Gasteiger partial charge in [0.25, 0.3) is 0 Å². The second-order valence-electron chi connectivity index (χ2n) is 4.86. The fraction of sp³-hybridized carbons (Fsp3) is 0.467. The Labute approximate surface area is 124 Å². The van der Waals surface area contributed by atoms with Crippen LogP contribution < -0.4 is 4.74 Å². The minimum absolute atomic E-state index is 0.0678. The Kier molecular flexibility index (Phi) is 6.63. The molecule has 114 valence electrons. The van der Waals surface area contributed by atoms with E-state index in [1.165, 1.54) is 18.1 Å². The van der Waals surface area contributed by atoms with Gasteiger partial charge in [0.05, 0.1) is 26.1 Å². The maximum atomic E-state index is 13.6. The number of hydrogen-bond acceptors (Lipinski definition) is 4. The van der Waals surface area contributed by atoms with Gasteiger partial charge < -0.3 is 9.64 Å². The molecule has 6 heteroatoms. The maximum absolute atomic E-state index is 13.6. The van der Waals surface area contributed by atoms with Gasteiger partial charge in [-0.2, -0.15) is 5.26 Å². The molecule has 0 heterocycles. The second-order valence-corrected chi connectivity index (χ2v) is 4.86. The molecule has 1 aromatic carbocycles. The lowest BCUT2D eigenvalue weighted by Crippen LogP contribution is -2.36. The van der Waals surface area contributed by atoms with Crippen molar-refractivity contribution in [3.8, 4) is 11.8 Å². The molecule has 0 aliphatic carbocycles. The number of likely N-dealkylation sites (N-methyl/N-ethyl adjacent to an activating group) is 2. The number of amides is 1.